The molecule has 0 aliphatic heterocycles. The Morgan fingerprint density at radius 1 is 1.29 bits per heavy atom. The maximum Gasteiger partial charge on any atom is 0.573 e. The van der Waals surface area contributed by atoms with Gasteiger partial charge in [0.1, 0.15) is 12.4 Å². The van der Waals surface area contributed by atoms with Gasteiger partial charge in [-0.15, -0.1) is 13.2 Å². The highest BCUT2D eigenvalue weighted by Crippen LogP contribution is 2.23. The molecule has 2 amide bonds. The first kappa shape index (κ1) is 17.5. The zero-order chi connectivity index (χ0) is 17.6. The summed E-state index contributed by atoms with van der Waals surface area (Å²) in [6, 6.07) is 4.11. The number of alkyl halides is 3. The second-order valence-electron chi connectivity index (χ2n) is 4.42. The highest BCUT2D eigenvalue weighted by molar-refractivity contribution is 5.89. The maximum absolute atomic E-state index is 12.0. The molecule has 1 aromatic heterocycles. The van der Waals surface area contributed by atoms with Crippen LogP contribution in [0.5, 0.6) is 5.75 Å². The number of aromatic nitrogens is 2. The van der Waals surface area contributed by atoms with E-state index in [0.717, 1.165) is 12.1 Å². The summed E-state index contributed by atoms with van der Waals surface area (Å²) in [5, 5.41) is 8.51. The van der Waals surface area contributed by atoms with Crippen molar-refractivity contribution >= 4 is 11.7 Å². The van der Waals surface area contributed by atoms with Gasteiger partial charge in [0.2, 0.25) is 5.89 Å². The van der Waals surface area contributed by atoms with Crippen LogP contribution < -0.4 is 15.4 Å². The number of halogens is 3. The zero-order valence-electron chi connectivity index (χ0n) is 12.4. The van der Waals surface area contributed by atoms with Crippen molar-refractivity contribution in [3.8, 4) is 5.75 Å². The highest BCUT2D eigenvalue weighted by Gasteiger charge is 2.30. The van der Waals surface area contributed by atoms with Crippen LogP contribution in [0.1, 0.15) is 11.7 Å². The van der Waals surface area contributed by atoms with E-state index in [4.69, 9.17) is 9.26 Å². The Balaban J connectivity index is 1.81. The lowest BCUT2D eigenvalue weighted by atomic mass is 10.3. The molecule has 0 fully saturated rings. The van der Waals surface area contributed by atoms with Crippen molar-refractivity contribution in [1.29, 1.82) is 0 Å². The molecule has 0 saturated carbocycles. The fraction of sp³-hybridized carbons (Fsp3) is 0.308. The molecule has 2 rings (SSSR count). The zero-order valence-corrected chi connectivity index (χ0v) is 12.4. The van der Waals surface area contributed by atoms with Crippen LogP contribution in [0.3, 0.4) is 0 Å². The Morgan fingerprint density at radius 3 is 2.62 bits per heavy atom. The van der Waals surface area contributed by atoms with Gasteiger partial charge in [-0.1, -0.05) is 5.16 Å². The van der Waals surface area contributed by atoms with E-state index in [9.17, 15) is 18.0 Å². The first-order valence-corrected chi connectivity index (χ1v) is 6.57. The molecule has 0 radical (unpaired) electrons. The lowest BCUT2D eigenvalue weighted by Gasteiger charge is -2.10. The number of benzene rings is 1. The third-order valence-corrected chi connectivity index (χ3v) is 2.53. The molecular weight excluding hydrogens is 333 g/mol. The monoisotopic (exact) mass is 346 g/mol. The molecular formula is C13H13F3N4O4. The molecule has 0 atom stereocenters. The first-order chi connectivity index (χ1) is 11.4. The molecule has 1 heterocycles. The van der Waals surface area contributed by atoms with E-state index >= 15 is 0 Å². The van der Waals surface area contributed by atoms with Crippen molar-refractivity contribution in [2.75, 3.05) is 12.4 Å². The number of rotatable bonds is 6. The van der Waals surface area contributed by atoms with E-state index in [0.29, 0.717) is 5.82 Å². The summed E-state index contributed by atoms with van der Waals surface area (Å²) in [7, 11) is 1.48. The standard InChI is InChI=1S/C13H13F3N4O4/c1-22-7-10-19-11(24-20-10)6-17-12(21)18-8-2-4-9(5-3-8)23-13(14,15)16/h2-5H,6-7H2,1H3,(H2,17,18,21). The Bertz CT molecular complexity index is 673. The summed E-state index contributed by atoms with van der Waals surface area (Å²) in [5.41, 5.74) is 0.285. The minimum atomic E-state index is -4.77. The van der Waals surface area contributed by atoms with Gasteiger partial charge in [-0.25, -0.2) is 4.79 Å². The minimum Gasteiger partial charge on any atom is -0.406 e. The number of carbonyl (C=O) groups is 1. The first-order valence-electron chi connectivity index (χ1n) is 6.57. The smallest absolute Gasteiger partial charge is 0.406 e. The predicted molar refractivity (Wildman–Crippen MR) is 74.0 cm³/mol. The molecule has 0 bridgehead atoms. The van der Waals surface area contributed by atoms with E-state index in [-0.39, 0.29) is 30.5 Å². The number of carbonyl (C=O) groups excluding carboxylic acids is 1. The Hall–Kier alpha value is -2.82. The Labute approximate surface area is 133 Å². The van der Waals surface area contributed by atoms with E-state index in [1.165, 1.54) is 19.2 Å². The summed E-state index contributed by atoms with van der Waals surface area (Å²) in [6.07, 6.45) is -4.77. The number of amides is 2. The highest BCUT2D eigenvalue weighted by atomic mass is 19.4. The Morgan fingerprint density at radius 2 is 2.00 bits per heavy atom. The molecule has 0 unspecified atom stereocenters. The lowest BCUT2D eigenvalue weighted by Crippen LogP contribution is -2.28. The second kappa shape index (κ2) is 7.64. The average molecular weight is 346 g/mol. The van der Waals surface area contributed by atoms with Crippen LogP contribution in [0.2, 0.25) is 0 Å². The van der Waals surface area contributed by atoms with E-state index in [2.05, 4.69) is 25.5 Å². The van der Waals surface area contributed by atoms with Crippen LogP contribution in [0.15, 0.2) is 28.8 Å². The third kappa shape index (κ3) is 5.76. The molecule has 0 aliphatic rings. The number of methoxy groups -OCH3 is 1. The van der Waals surface area contributed by atoms with E-state index in [1.54, 1.807) is 0 Å². The van der Waals surface area contributed by atoms with Crippen molar-refractivity contribution in [3.05, 3.63) is 36.0 Å². The molecule has 8 nitrogen and oxygen atoms in total. The van der Waals surface area contributed by atoms with Crippen LogP contribution in [0, 0.1) is 0 Å². The van der Waals surface area contributed by atoms with E-state index < -0.39 is 12.4 Å². The van der Waals surface area contributed by atoms with Crippen LogP contribution in [0.25, 0.3) is 0 Å². The number of urea groups is 1. The molecule has 24 heavy (non-hydrogen) atoms. The predicted octanol–water partition coefficient (Wildman–Crippen LogP) is 2.44. The average Bonchev–Trinajstić information content (AvgIpc) is 2.94. The second-order valence-corrected chi connectivity index (χ2v) is 4.42. The minimum absolute atomic E-state index is 0.0161. The van der Waals surface area contributed by atoms with Crippen molar-refractivity contribution in [2.24, 2.45) is 0 Å². The molecule has 1 aromatic carbocycles. The third-order valence-electron chi connectivity index (χ3n) is 2.53. The van der Waals surface area contributed by atoms with Gasteiger partial charge in [0.05, 0.1) is 6.54 Å². The summed E-state index contributed by atoms with van der Waals surface area (Å²) >= 11 is 0. The largest absolute Gasteiger partial charge is 0.573 e. The normalized spacial score (nSPS) is 11.2. The molecule has 2 N–H and O–H groups in total. The van der Waals surface area contributed by atoms with Crippen molar-refractivity contribution in [1.82, 2.24) is 15.5 Å². The van der Waals surface area contributed by atoms with Gasteiger partial charge in [0, 0.05) is 12.8 Å². The summed E-state index contributed by atoms with van der Waals surface area (Å²) in [6.45, 7) is 0.167. The molecule has 130 valence electrons. The molecule has 2 aromatic rings. The number of nitrogens with zero attached hydrogens (tertiary/aromatic N) is 2. The van der Waals surface area contributed by atoms with Crippen molar-refractivity contribution in [3.63, 3.8) is 0 Å². The van der Waals surface area contributed by atoms with Gasteiger partial charge >= 0.3 is 12.4 Å². The summed E-state index contributed by atoms with van der Waals surface area (Å²) < 4.78 is 49.5. The fourth-order valence-electron chi connectivity index (χ4n) is 1.62. The van der Waals surface area contributed by atoms with Gasteiger partial charge in [0.25, 0.3) is 0 Å². The van der Waals surface area contributed by atoms with Gasteiger partial charge in [0.15, 0.2) is 5.82 Å². The molecule has 0 saturated heterocycles. The number of nitrogens with one attached hydrogen (secondary N) is 2. The van der Waals surface area contributed by atoms with Crippen LogP contribution >= 0.6 is 0 Å². The summed E-state index contributed by atoms with van der Waals surface area (Å²) in [4.78, 5) is 15.6. The molecule has 0 spiro atoms. The lowest BCUT2D eigenvalue weighted by molar-refractivity contribution is -0.274. The van der Waals surface area contributed by atoms with Crippen molar-refractivity contribution in [2.45, 2.75) is 19.5 Å². The van der Waals surface area contributed by atoms with Crippen LogP contribution in [0.4, 0.5) is 23.7 Å². The number of hydrogen-bond donors (Lipinski definition) is 2. The molecule has 11 heteroatoms. The topological polar surface area (TPSA) is 98.5 Å². The number of hydrogen-bond acceptors (Lipinski definition) is 6. The van der Waals surface area contributed by atoms with Gasteiger partial charge in [-0.05, 0) is 24.3 Å². The number of anilines is 1. The van der Waals surface area contributed by atoms with Gasteiger partial charge in [-0.3, -0.25) is 0 Å². The van der Waals surface area contributed by atoms with Crippen molar-refractivity contribution < 1.29 is 32.0 Å². The number of ether oxygens (including phenoxy) is 2. The maximum atomic E-state index is 12.0. The van der Waals surface area contributed by atoms with Crippen LogP contribution in [-0.2, 0) is 17.9 Å². The van der Waals surface area contributed by atoms with Crippen LogP contribution in [-0.4, -0.2) is 29.6 Å². The SMILES string of the molecule is COCc1noc(CNC(=O)Nc2ccc(OC(F)(F)F)cc2)n1. The summed E-state index contributed by atoms with van der Waals surface area (Å²) in [5.74, 6) is 0.145. The fourth-order valence-corrected chi connectivity index (χ4v) is 1.62. The Kier molecular flexibility index (Phi) is 5.58. The van der Waals surface area contributed by atoms with Gasteiger partial charge in [-0.2, -0.15) is 4.98 Å². The molecule has 0 aliphatic carbocycles. The van der Waals surface area contributed by atoms with E-state index in [1.807, 2.05) is 0 Å². The van der Waals surface area contributed by atoms with Gasteiger partial charge < -0.3 is 24.6 Å². The quantitative estimate of drug-likeness (QED) is 0.834.